The topological polar surface area (TPSA) is 78.5 Å². The molecule has 2 N–H and O–H groups in total. The van der Waals surface area contributed by atoms with Gasteiger partial charge < -0.3 is 15.5 Å². The summed E-state index contributed by atoms with van der Waals surface area (Å²) < 4.78 is 0.895. The molecule has 3 aromatic rings. The van der Waals surface area contributed by atoms with E-state index in [0.29, 0.717) is 23.4 Å². The maximum Gasteiger partial charge on any atom is 0.258 e. The number of fused-ring (bicyclic) bond motifs is 1. The van der Waals surface area contributed by atoms with Gasteiger partial charge >= 0.3 is 0 Å². The van der Waals surface area contributed by atoms with Gasteiger partial charge in [0.25, 0.3) is 11.8 Å². The fourth-order valence-electron chi connectivity index (χ4n) is 3.62. The van der Waals surface area contributed by atoms with E-state index < -0.39 is 0 Å². The SMILES string of the molecule is O=C(CCNC(=O)c1ccc(Br)cc1)Nc1ccc(C(=O)N2CCc3ccccc32)cc1. The molecule has 3 amide bonds. The second-order valence-electron chi connectivity index (χ2n) is 7.47. The lowest BCUT2D eigenvalue weighted by Gasteiger charge is -2.17. The minimum Gasteiger partial charge on any atom is -0.352 e. The second kappa shape index (κ2) is 9.78. The molecular weight excluding hydrogens is 470 g/mol. The number of halogens is 1. The third-order valence-electron chi connectivity index (χ3n) is 5.29. The van der Waals surface area contributed by atoms with Crippen molar-refractivity contribution >= 4 is 45.0 Å². The van der Waals surface area contributed by atoms with Gasteiger partial charge in [-0.1, -0.05) is 34.1 Å². The zero-order chi connectivity index (χ0) is 22.5. The maximum absolute atomic E-state index is 12.9. The van der Waals surface area contributed by atoms with Crippen LogP contribution in [0.1, 0.15) is 32.7 Å². The first kappa shape index (κ1) is 21.8. The van der Waals surface area contributed by atoms with Crippen LogP contribution in [0, 0.1) is 0 Å². The molecule has 0 bridgehead atoms. The fraction of sp³-hybridized carbons (Fsp3) is 0.160. The molecule has 3 aromatic carbocycles. The zero-order valence-corrected chi connectivity index (χ0v) is 18.9. The van der Waals surface area contributed by atoms with Crippen molar-refractivity contribution in [2.75, 3.05) is 23.3 Å². The predicted octanol–water partition coefficient (Wildman–Crippen LogP) is 4.41. The molecule has 1 heterocycles. The van der Waals surface area contributed by atoms with Gasteiger partial charge in [-0.25, -0.2) is 0 Å². The summed E-state index contributed by atoms with van der Waals surface area (Å²) in [5, 5.41) is 5.53. The van der Waals surface area contributed by atoms with Crippen molar-refractivity contribution in [1.29, 1.82) is 0 Å². The summed E-state index contributed by atoms with van der Waals surface area (Å²) in [6.07, 6.45) is 1.00. The Morgan fingerprint density at radius 1 is 0.875 bits per heavy atom. The van der Waals surface area contributed by atoms with Crippen LogP contribution in [0.15, 0.2) is 77.3 Å². The molecule has 1 aliphatic rings. The molecule has 0 saturated carbocycles. The van der Waals surface area contributed by atoms with Gasteiger partial charge in [0.15, 0.2) is 0 Å². The number of hydrogen-bond donors (Lipinski definition) is 2. The smallest absolute Gasteiger partial charge is 0.258 e. The van der Waals surface area contributed by atoms with Crippen LogP contribution in [0.4, 0.5) is 11.4 Å². The van der Waals surface area contributed by atoms with Crippen LogP contribution >= 0.6 is 15.9 Å². The van der Waals surface area contributed by atoms with E-state index in [1.807, 2.05) is 24.3 Å². The summed E-state index contributed by atoms with van der Waals surface area (Å²) in [4.78, 5) is 39.0. The molecule has 0 aliphatic carbocycles. The van der Waals surface area contributed by atoms with Crippen molar-refractivity contribution in [1.82, 2.24) is 5.32 Å². The number of nitrogens with one attached hydrogen (secondary N) is 2. The first-order chi connectivity index (χ1) is 15.5. The van der Waals surface area contributed by atoms with Gasteiger partial charge in [-0.05, 0) is 66.6 Å². The van der Waals surface area contributed by atoms with E-state index in [9.17, 15) is 14.4 Å². The lowest BCUT2D eigenvalue weighted by molar-refractivity contribution is -0.116. The van der Waals surface area contributed by atoms with Crippen molar-refractivity contribution in [3.05, 3.63) is 94.0 Å². The quantitative estimate of drug-likeness (QED) is 0.535. The van der Waals surface area contributed by atoms with Crippen molar-refractivity contribution in [2.24, 2.45) is 0 Å². The Morgan fingerprint density at radius 2 is 1.56 bits per heavy atom. The number of para-hydroxylation sites is 1. The number of anilines is 2. The molecule has 32 heavy (non-hydrogen) atoms. The van der Waals surface area contributed by atoms with Crippen molar-refractivity contribution in [3.63, 3.8) is 0 Å². The predicted molar refractivity (Wildman–Crippen MR) is 128 cm³/mol. The monoisotopic (exact) mass is 491 g/mol. The Balaban J connectivity index is 1.27. The third kappa shape index (κ3) is 5.06. The molecule has 1 aliphatic heterocycles. The molecule has 7 heteroatoms. The molecule has 0 radical (unpaired) electrons. The minimum atomic E-state index is -0.225. The minimum absolute atomic E-state index is 0.0523. The van der Waals surface area contributed by atoms with E-state index in [0.717, 1.165) is 16.6 Å². The van der Waals surface area contributed by atoms with Crippen molar-refractivity contribution in [3.8, 4) is 0 Å². The van der Waals surface area contributed by atoms with E-state index in [4.69, 9.17) is 0 Å². The van der Waals surface area contributed by atoms with E-state index in [1.54, 1.807) is 53.4 Å². The molecule has 0 atom stereocenters. The number of benzene rings is 3. The van der Waals surface area contributed by atoms with Gasteiger partial charge in [0.2, 0.25) is 5.91 Å². The summed E-state index contributed by atoms with van der Waals surface area (Å²) in [6.45, 7) is 0.897. The van der Waals surface area contributed by atoms with Gasteiger partial charge in [-0.15, -0.1) is 0 Å². The Bertz CT molecular complexity index is 1140. The van der Waals surface area contributed by atoms with Crippen LogP contribution in [0.3, 0.4) is 0 Å². The van der Waals surface area contributed by atoms with Crippen LogP contribution in [-0.2, 0) is 11.2 Å². The average molecular weight is 492 g/mol. The molecular formula is C25H22BrN3O3. The van der Waals surface area contributed by atoms with Crippen LogP contribution < -0.4 is 15.5 Å². The number of nitrogens with zero attached hydrogens (tertiary/aromatic N) is 1. The highest BCUT2D eigenvalue weighted by atomic mass is 79.9. The van der Waals surface area contributed by atoms with Crippen molar-refractivity contribution < 1.29 is 14.4 Å². The number of rotatable bonds is 6. The molecule has 162 valence electrons. The van der Waals surface area contributed by atoms with Gasteiger partial charge in [0.1, 0.15) is 0 Å². The van der Waals surface area contributed by atoms with Gasteiger partial charge in [-0.3, -0.25) is 14.4 Å². The van der Waals surface area contributed by atoms with Crippen LogP contribution in [-0.4, -0.2) is 30.8 Å². The highest BCUT2D eigenvalue weighted by molar-refractivity contribution is 9.10. The third-order valence-corrected chi connectivity index (χ3v) is 5.82. The standard InChI is InChI=1S/C25H22BrN3O3/c26-20-9-5-18(6-10-20)24(31)27-15-13-23(30)28-21-11-7-19(8-12-21)25(32)29-16-14-17-3-1-2-4-22(17)29/h1-12H,13-16H2,(H,27,31)(H,28,30). The Labute approximate surface area is 194 Å². The Morgan fingerprint density at radius 3 is 2.31 bits per heavy atom. The van der Waals surface area contributed by atoms with Gasteiger partial charge in [0.05, 0.1) is 0 Å². The first-order valence-electron chi connectivity index (χ1n) is 10.3. The molecule has 0 spiro atoms. The summed E-state index contributed by atoms with van der Waals surface area (Å²) >= 11 is 3.33. The number of amides is 3. The van der Waals surface area contributed by atoms with Crippen molar-refractivity contribution in [2.45, 2.75) is 12.8 Å². The summed E-state index contributed by atoms with van der Waals surface area (Å²) in [6, 6.07) is 21.8. The number of carbonyl (C=O) groups is 3. The fourth-order valence-corrected chi connectivity index (χ4v) is 3.88. The molecule has 0 unspecified atom stereocenters. The normalized spacial score (nSPS) is 12.2. The van der Waals surface area contributed by atoms with E-state index in [1.165, 1.54) is 5.56 Å². The molecule has 6 nitrogen and oxygen atoms in total. The van der Waals surface area contributed by atoms with Gasteiger partial charge in [0, 0.05) is 46.5 Å². The summed E-state index contributed by atoms with van der Waals surface area (Å²) in [5.74, 6) is -0.492. The van der Waals surface area contributed by atoms with E-state index in [-0.39, 0.29) is 30.7 Å². The molecule has 0 fully saturated rings. The highest BCUT2D eigenvalue weighted by Crippen LogP contribution is 2.29. The Hall–Kier alpha value is -3.45. The molecule has 0 aromatic heterocycles. The zero-order valence-electron chi connectivity index (χ0n) is 17.3. The second-order valence-corrected chi connectivity index (χ2v) is 8.39. The average Bonchev–Trinajstić information content (AvgIpc) is 3.24. The molecule has 0 saturated heterocycles. The van der Waals surface area contributed by atoms with Gasteiger partial charge in [-0.2, -0.15) is 0 Å². The van der Waals surface area contributed by atoms with Crippen LogP contribution in [0.2, 0.25) is 0 Å². The number of hydrogen-bond acceptors (Lipinski definition) is 3. The first-order valence-corrected chi connectivity index (χ1v) is 11.1. The summed E-state index contributed by atoms with van der Waals surface area (Å²) in [7, 11) is 0. The van der Waals surface area contributed by atoms with E-state index in [2.05, 4.69) is 26.6 Å². The van der Waals surface area contributed by atoms with Crippen LogP contribution in [0.25, 0.3) is 0 Å². The maximum atomic E-state index is 12.9. The number of carbonyl (C=O) groups excluding carboxylic acids is 3. The summed E-state index contributed by atoms with van der Waals surface area (Å²) in [5.41, 5.74) is 3.85. The lowest BCUT2D eigenvalue weighted by Crippen LogP contribution is -2.29. The lowest BCUT2D eigenvalue weighted by atomic mass is 10.1. The highest BCUT2D eigenvalue weighted by Gasteiger charge is 2.25. The van der Waals surface area contributed by atoms with Crippen LogP contribution in [0.5, 0.6) is 0 Å². The largest absolute Gasteiger partial charge is 0.352 e. The van der Waals surface area contributed by atoms with E-state index >= 15 is 0 Å². The Kier molecular flexibility index (Phi) is 6.66. The molecule has 4 rings (SSSR count).